The number of nitrogens with zero attached hydrogens (tertiary/aromatic N) is 3. The molecule has 0 fully saturated rings. The molecule has 0 amide bonds. The van der Waals surface area contributed by atoms with Crippen LogP contribution in [0.15, 0.2) is 60.9 Å². The summed E-state index contributed by atoms with van der Waals surface area (Å²) in [6, 6.07) is 17.7. The molecule has 2 aromatic carbocycles. The van der Waals surface area contributed by atoms with Crippen molar-refractivity contribution in [3.63, 3.8) is 0 Å². The standard InChI is InChI=1S/C23H22N4O2/c1-14(2)29-18-10-4-15(5-11-18)19-12-20(16-6-8-17(28-3)9-7-16)27-23-21(19)22(24)25-13-26-23/h4-14H,1-3H3,(H2,24,25,26,27). The number of methoxy groups -OCH3 is 1. The number of hydrogen-bond acceptors (Lipinski definition) is 6. The fraction of sp³-hybridized carbons (Fsp3) is 0.174. The number of anilines is 1. The molecule has 4 rings (SSSR count). The molecule has 2 aromatic heterocycles. The molecule has 0 bridgehead atoms. The number of benzene rings is 2. The van der Waals surface area contributed by atoms with E-state index in [1.807, 2.05) is 68.4 Å². The van der Waals surface area contributed by atoms with Gasteiger partial charge in [-0.1, -0.05) is 12.1 Å². The molecule has 6 heteroatoms. The van der Waals surface area contributed by atoms with Gasteiger partial charge in [0.25, 0.3) is 0 Å². The number of nitrogen functional groups attached to an aromatic ring is 1. The smallest absolute Gasteiger partial charge is 0.165 e. The average Bonchev–Trinajstić information content (AvgIpc) is 2.73. The van der Waals surface area contributed by atoms with Crippen LogP contribution in [0.3, 0.4) is 0 Å². The summed E-state index contributed by atoms with van der Waals surface area (Å²) < 4.78 is 11.0. The zero-order chi connectivity index (χ0) is 20.4. The van der Waals surface area contributed by atoms with Gasteiger partial charge in [-0.3, -0.25) is 0 Å². The molecule has 0 unspecified atom stereocenters. The number of fused-ring (bicyclic) bond motifs is 1. The van der Waals surface area contributed by atoms with Crippen LogP contribution < -0.4 is 15.2 Å². The second kappa shape index (κ2) is 7.75. The predicted molar refractivity (Wildman–Crippen MR) is 115 cm³/mol. The third-order valence-corrected chi connectivity index (χ3v) is 4.56. The predicted octanol–water partition coefficient (Wildman–Crippen LogP) is 4.74. The molecule has 6 nitrogen and oxygen atoms in total. The highest BCUT2D eigenvalue weighted by Gasteiger charge is 2.14. The summed E-state index contributed by atoms with van der Waals surface area (Å²) >= 11 is 0. The molecule has 0 saturated carbocycles. The first-order chi connectivity index (χ1) is 14.0. The molecule has 0 spiro atoms. The molecule has 0 aliphatic rings. The van der Waals surface area contributed by atoms with Crippen molar-refractivity contribution in [3.8, 4) is 33.9 Å². The Labute approximate surface area is 169 Å². The van der Waals surface area contributed by atoms with Crippen molar-refractivity contribution < 1.29 is 9.47 Å². The zero-order valence-corrected chi connectivity index (χ0v) is 16.6. The minimum atomic E-state index is 0.119. The molecule has 0 aliphatic carbocycles. The first-order valence-electron chi connectivity index (χ1n) is 9.38. The second-order valence-electron chi connectivity index (χ2n) is 6.93. The van der Waals surface area contributed by atoms with Gasteiger partial charge in [0, 0.05) is 5.56 Å². The molecule has 146 valence electrons. The lowest BCUT2D eigenvalue weighted by Gasteiger charge is -2.13. The van der Waals surface area contributed by atoms with Crippen molar-refractivity contribution in [1.82, 2.24) is 15.0 Å². The topological polar surface area (TPSA) is 83.2 Å². The highest BCUT2D eigenvalue weighted by molar-refractivity contribution is 6.00. The van der Waals surface area contributed by atoms with Crippen LogP contribution in [0, 0.1) is 0 Å². The third-order valence-electron chi connectivity index (χ3n) is 4.56. The maximum absolute atomic E-state index is 6.18. The first kappa shape index (κ1) is 18.7. The van der Waals surface area contributed by atoms with Gasteiger partial charge in [-0.15, -0.1) is 0 Å². The Morgan fingerprint density at radius 1 is 0.862 bits per heavy atom. The van der Waals surface area contributed by atoms with E-state index in [1.54, 1.807) is 7.11 Å². The van der Waals surface area contributed by atoms with E-state index in [-0.39, 0.29) is 6.10 Å². The fourth-order valence-corrected chi connectivity index (χ4v) is 3.21. The quantitative estimate of drug-likeness (QED) is 0.533. The summed E-state index contributed by atoms with van der Waals surface area (Å²) in [6.45, 7) is 4.01. The maximum Gasteiger partial charge on any atom is 0.165 e. The molecule has 0 saturated heterocycles. The van der Waals surface area contributed by atoms with Gasteiger partial charge < -0.3 is 15.2 Å². The number of hydrogen-bond donors (Lipinski definition) is 1. The van der Waals surface area contributed by atoms with Gasteiger partial charge in [-0.2, -0.15) is 0 Å². The molecule has 2 heterocycles. The Morgan fingerprint density at radius 2 is 1.52 bits per heavy atom. The lowest BCUT2D eigenvalue weighted by atomic mass is 9.99. The number of pyridine rings is 1. The molecule has 0 radical (unpaired) electrons. The summed E-state index contributed by atoms with van der Waals surface area (Å²) in [5.74, 6) is 2.02. The van der Waals surface area contributed by atoms with E-state index < -0.39 is 0 Å². The second-order valence-corrected chi connectivity index (χ2v) is 6.93. The van der Waals surface area contributed by atoms with E-state index in [2.05, 4.69) is 9.97 Å². The Kier molecular flexibility index (Phi) is 4.99. The van der Waals surface area contributed by atoms with Gasteiger partial charge in [0.2, 0.25) is 0 Å². The van der Waals surface area contributed by atoms with Gasteiger partial charge in [0.05, 0.1) is 24.3 Å². The van der Waals surface area contributed by atoms with E-state index in [0.717, 1.165) is 39.3 Å². The van der Waals surface area contributed by atoms with E-state index in [1.165, 1.54) is 6.33 Å². The Morgan fingerprint density at radius 3 is 2.17 bits per heavy atom. The summed E-state index contributed by atoms with van der Waals surface area (Å²) in [4.78, 5) is 13.2. The molecular formula is C23H22N4O2. The average molecular weight is 386 g/mol. The molecule has 0 aliphatic heterocycles. The van der Waals surface area contributed by atoms with Gasteiger partial charge in [-0.05, 0) is 67.4 Å². The first-order valence-corrected chi connectivity index (χ1v) is 9.38. The number of nitrogens with two attached hydrogens (primary N) is 1. The minimum Gasteiger partial charge on any atom is -0.497 e. The van der Waals surface area contributed by atoms with Crippen LogP contribution in [0.1, 0.15) is 13.8 Å². The van der Waals surface area contributed by atoms with Gasteiger partial charge in [0.15, 0.2) is 5.65 Å². The van der Waals surface area contributed by atoms with Crippen molar-refractivity contribution in [3.05, 3.63) is 60.9 Å². The van der Waals surface area contributed by atoms with Crippen LogP contribution in [0.2, 0.25) is 0 Å². The Bertz CT molecular complexity index is 1140. The molecule has 4 aromatic rings. The van der Waals surface area contributed by atoms with E-state index in [4.69, 9.17) is 20.2 Å². The van der Waals surface area contributed by atoms with Crippen molar-refractivity contribution in [2.24, 2.45) is 0 Å². The van der Waals surface area contributed by atoms with Crippen LogP contribution in [0.4, 0.5) is 5.82 Å². The number of rotatable bonds is 5. The summed E-state index contributed by atoms with van der Waals surface area (Å²) in [6.07, 6.45) is 1.56. The van der Waals surface area contributed by atoms with E-state index >= 15 is 0 Å². The summed E-state index contributed by atoms with van der Waals surface area (Å²) in [7, 11) is 1.65. The SMILES string of the molecule is COc1ccc(-c2cc(-c3ccc(OC(C)C)cc3)c3c(N)ncnc3n2)cc1. The van der Waals surface area contributed by atoms with Crippen LogP contribution in [0.25, 0.3) is 33.4 Å². The van der Waals surface area contributed by atoms with Crippen LogP contribution in [-0.4, -0.2) is 28.2 Å². The van der Waals surface area contributed by atoms with Crippen LogP contribution >= 0.6 is 0 Å². The third kappa shape index (κ3) is 3.82. The number of ether oxygens (including phenoxy) is 2. The Balaban J connectivity index is 1.86. The number of aromatic nitrogens is 3. The van der Waals surface area contributed by atoms with Crippen molar-refractivity contribution in [2.45, 2.75) is 20.0 Å². The lowest BCUT2D eigenvalue weighted by Crippen LogP contribution is -2.05. The largest absolute Gasteiger partial charge is 0.497 e. The fourth-order valence-electron chi connectivity index (χ4n) is 3.21. The summed E-state index contributed by atoms with van der Waals surface area (Å²) in [5.41, 5.74) is 10.4. The van der Waals surface area contributed by atoms with Crippen molar-refractivity contribution >= 4 is 16.9 Å². The highest BCUT2D eigenvalue weighted by atomic mass is 16.5. The molecule has 29 heavy (non-hydrogen) atoms. The normalized spacial score (nSPS) is 11.0. The lowest BCUT2D eigenvalue weighted by molar-refractivity contribution is 0.242. The van der Waals surface area contributed by atoms with Gasteiger partial charge in [-0.25, -0.2) is 15.0 Å². The van der Waals surface area contributed by atoms with E-state index in [0.29, 0.717) is 11.5 Å². The maximum atomic E-state index is 6.18. The Hall–Kier alpha value is -3.67. The van der Waals surface area contributed by atoms with E-state index in [9.17, 15) is 0 Å². The molecule has 0 atom stereocenters. The minimum absolute atomic E-state index is 0.119. The molecular weight excluding hydrogens is 364 g/mol. The summed E-state index contributed by atoms with van der Waals surface area (Å²) in [5, 5.41) is 0.738. The van der Waals surface area contributed by atoms with Gasteiger partial charge in [0.1, 0.15) is 23.6 Å². The zero-order valence-electron chi connectivity index (χ0n) is 16.6. The van der Waals surface area contributed by atoms with Crippen LogP contribution in [-0.2, 0) is 0 Å². The van der Waals surface area contributed by atoms with Gasteiger partial charge >= 0.3 is 0 Å². The van der Waals surface area contributed by atoms with Crippen molar-refractivity contribution in [2.75, 3.05) is 12.8 Å². The van der Waals surface area contributed by atoms with Crippen molar-refractivity contribution in [1.29, 1.82) is 0 Å². The molecule has 2 N–H and O–H groups in total. The monoisotopic (exact) mass is 386 g/mol. The highest BCUT2D eigenvalue weighted by Crippen LogP contribution is 2.34. The van der Waals surface area contributed by atoms with Crippen LogP contribution in [0.5, 0.6) is 11.5 Å².